The second-order valence-corrected chi connectivity index (χ2v) is 3.61. The van der Waals surface area contributed by atoms with Crippen molar-refractivity contribution in [2.45, 2.75) is 45.4 Å². The highest BCUT2D eigenvalue weighted by Gasteiger charge is 2.06. The number of nitrogens with zero attached hydrogens (tertiary/aromatic N) is 1. The maximum atomic E-state index is 5.34. The fraction of sp³-hybridized carbons (Fsp3) is 0.909. The SMILES string of the molecule is CCCCCCCCOC1=NCCO1. The molecule has 0 unspecified atom stereocenters. The summed E-state index contributed by atoms with van der Waals surface area (Å²) in [6.07, 6.45) is 8.22. The zero-order valence-electron chi connectivity index (χ0n) is 9.13. The van der Waals surface area contributed by atoms with E-state index in [1.807, 2.05) is 0 Å². The highest BCUT2D eigenvalue weighted by atomic mass is 16.7. The first-order valence-corrected chi connectivity index (χ1v) is 5.73. The lowest BCUT2D eigenvalue weighted by molar-refractivity contribution is 0.185. The average molecular weight is 199 g/mol. The third-order valence-electron chi connectivity index (χ3n) is 2.28. The van der Waals surface area contributed by atoms with Gasteiger partial charge in [-0.25, -0.2) is 4.99 Å². The van der Waals surface area contributed by atoms with E-state index < -0.39 is 0 Å². The molecule has 0 aromatic rings. The Morgan fingerprint density at radius 3 is 2.71 bits per heavy atom. The van der Waals surface area contributed by atoms with Crippen LogP contribution in [-0.4, -0.2) is 25.8 Å². The number of aliphatic imine (C=N–C) groups is 1. The topological polar surface area (TPSA) is 30.8 Å². The van der Waals surface area contributed by atoms with Gasteiger partial charge in [-0.3, -0.25) is 0 Å². The molecule has 0 bridgehead atoms. The van der Waals surface area contributed by atoms with Crippen LogP contribution in [0.25, 0.3) is 0 Å². The van der Waals surface area contributed by atoms with E-state index in [9.17, 15) is 0 Å². The fourth-order valence-electron chi connectivity index (χ4n) is 1.44. The third-order valence-corrected chi connectivity index (χ3v) is 2.28. The second kappa shape index (κ2) is 7.65. The lowest BCUT2D eigenvalue weighted by Gasteiger charge is -2.04. The Balaban J connectivity index is 1.80. The summed E-state index contributed by atoms with van der Waals surface area (Å²) in [5.74, 6) is 0. The van der Waals surface area contributed by atoms with Gasteiger partial charge in [0.25, 0.3) is 0 Å². The maximum Gasteiger partial charge on any atom is 0.383 e. The Bertz CT molecular complexity index is 169. The Hall–Kier alpha value is -0.730. The zero-order chi connectivity index (χ0) is 10.1. The summed E-state index contributed by atoms with van der Waals surface area (Å²) < 4.78 is 10.5. The van der Waals surface area contributed by atoms with E-state index in [1.165, 1.54) is 32.1 Å². The van der Waals surface area contributed by atoms with Crippen LogP contribution < -0.4 is 0 Å². The van der Waals surface area contributed by atoms with Gasteiger partial charge in [0.1, 0.15) is 6.61 Å². The fourth-order valence-corrected chi connectivity index (χ4v) is 1.44. The molecule has 1 aliphatic rings. The Kier molecular flexibility index (Phi) is 6.20. The number of unbranched alkanes of at least 4 members (excludes halogenated alkanes) is 5. The Labute approximate surface area is 86.5 Å². The van der Waals surface area contributed by atoms with Crippen molar-refractivity contribution in [3.63, 3.8) is 0 Å². The average Bonchev–Trinajstić information content (AvgIpc) is 2.69. The van der Waals surface area contributed by atoms with Gasteiger partial charge in [0.15, 0.2) is 0 Å². The molecule has 0 radical (unpaired) electrons. The first kappa shape index (κ1) is 11.3. The summed E-state index contributed by atoms with van der Waals surface area (Å²) in [6, 6.07) is 0. The molecule has 0 amide bonds. The van der Waals surface area contributed by atoms with Gasteiger partial charge in [-0.05, 0) is 6.42 Å². The molecule has 0 spiro atoms. The van der Waals surface area contributed by atoms with Gasteiger partial charge in [0.05, 0.1) is 13.2 Å². The lowest BCUT2D eigenvalue weighted by atomic mass is 10.1. The van der Waals surface area contributed by atoms with Gasteiger partial charge < -0.3 is 9.47 Å². The first-order valence-electron chi connectivity index (χ1n) is 5.73. The first-order chi connectivity index (χ1) is 6.93. The quantitative estimate of drug-likeness (QED) is 0.590. The molecular formula is C11H21NO2. The second-order valence-electron chi connectivity index (χ2n) is 3.61. The largest absolute Gasteiger partial charge is 0.451 e. The molecule has 14 heavy (non-hydrogen) atoms. The van der Waals surface area contributed by atoms with E-state index in [0.29, 0.717) is 12.7 Å². The summed E-state index contributed by atoms with van der Waals surface area (Å²) in [6.45, 7) is 4.43. The summed E-state index contributed by atoms with van der Waals surface area (Å²) in [4.78, 5) is 4.06. The van der Waals surface area contributed by atoms with Crippen LogP contribution in [0.3, 0.4) is 0 Å². The Morgan fingerprint density at radius 1 is 1.21 bits per heavy atom. The Morgan fingerprint density at radius 2 is 2.00 bits per heavy atom. The van der Waals surface area contributed by atoms with Crippen molar-refractivity contribution in [2.24, 2.45) is 4.99 Å². The van der Waals surface area contributed by atoms with Crippen molar-refractivity contribution >= 4 is 6.08 Å². The van der Waals surface area contributed by atoms with Gasteiger partial charge in [0.2, 0.25) is 0 Å². The van der Waals surface area contributed by atoms with E-state index in [0.717, 1.165) is 19.6 Å². The minimum absolute atomic E-state index is 0.499. The zero-order valence-corrected chi connectivity index (χ0v) is 9.13. The maximum absolute atomic E-state index is 5.34. The lowest BCUT2D eigenvalue weighted by Crippen LogP contribution is -2.06. The van der Waals surface area contributed by atoms with Gasteiger partial charge in [-0.15, -0.1) is 0 Å². The molecule has 0 saturated carbocycles. The van der Waals surface area contributed by atoms with Crippen molar-refractivity contribution in [3.8, 4) is 0 Å². The molecule has 0 aromatic heterocycles. The molecular weight excluding hydrogens is 178 g/mol. The van der Waals surface area contributed by atoms with Crippen LogP contribution in [0.1, 0.15) is 45.4 Å². The number of hydrogen-bond donors (Lipinski definition) is 0. The molecule has 0 aliphatic carbocycles. The molecule has 1 aliphatic heterocycles. The van der Waals surface area contributed by atoms with E-state index >= 15 is 0 Å². The van der Waals surface area contributed by atoms with Crippen LogP contribution in [0, 0.1) is 0 Å². The van der Waals surface area contributed by atoms with Crippen molar-refractivity contribution in [1.29, 1.82) is 0 Å². The number of ether oxygens (including phenoxy) is 2. The predicted molar refractivity (Wildman–Crippen MR) is 57.6 cm³/mol. The van der Waals surface area contributed by atoms with Crippen molar-refractivity contribution in [1.82, 2.24) is 0 Å². The van der Waals surface area contributed by atoms with Gasteiger partial charge in [-0.1, -0.05) is 39.0 Å². The highest BCUT2D eigenvalue weighted by Crippen LogP contribution is 2.05. The van der Waals surface area contributed by atoms with Gasteiger partial charge in [-0.2, -0.15) is 0 Å². The molecule has 1 heterocycles. The summed E-state index contributed by atoms with van der Waals surface area (Å²) in [5, 5.41) is 0. The van der Waals surface area contributed by atoms with Crippen LogP contribution in [0.2, 0.25) is 0 Å². The normalized spacial score (nSPS) is 15.1. The standard InChI is InChI=1S/C11H21NO2/c1-2-3-4-5-6-7-9-13-11-12-8-10-14-11/h2-10H2,1H3. The molecule has 1 rings (SSSR count). The molecule has 0 saturated heterocycles. The van der Waals surface area contributed by atoms with E-state index in [2.05, 4.69) is 11.9 Å². The monoisotopic (exact) mass is 199 g/mol. The van der Waals surface area contributed by atoms with Crippen LogP contribution >= 0.6 is 0 Å². The molecule has 3 heteroatoms. The molecule has 82 valence electrons. The molecule has 0 fully saturated rings. The minimum Gasteiger partial charge on any atom is -0.451 e. The van der Waals surface area contributed by atoms with Crippen molar-refractivity contribution in [3.05, 3.63) is 0 Å². The van der Waals surface area contributed by atoms with Crippen molar-refractivity contribution < 1.29 is 9.47 Å². The van der Waals surface area contributed by atoms with Crippen molar-refractivity contribution in [2.75, 3.05) is 19.8 Å². The number of rotatable bonds is 7. The summed E-state index contributed by atoms with van der Waals surface area (Å²) >= 11 is 0. The van der Waals surface area contributed by atoms with Crippen LogP contribution in [0.5, 0.6) is 0 Å². The van der Waals surface area contributed by atoms with E-state index in [-0.39, 0.29) is 0 Å². The summed E-state index contributed by atoms with van der Waals surface area (Å²) in [7, 11) is 0. The van der Waals surface area contributed by atoms with Crippen LogP contribution in [0.4, 0.5) is 0 Å². The molecule has 3 nitrogen and oxygen atoms in total. The van der Waals surface area contributed by atoms with Gasteiger partial charge in [0, 0.05) is 0 Å². The number of hydrogen-bond acceptors (Lipinski definition) is 3. The third kappa shape index (κ3) is 5.10. The van der Waals surface area contributed by atoms with Crippen LogP contribution in [0.15, 0.2) is 4.99 Å². The molecule has 0 atom stereocenters. The highest BCUT2D eigenvalue weighted by molar-refractivity contribution is 5.68. The summed E-state index contributed by atoms with van der Waals surface area (Å²) in [5.41, 5.74) is 0. The van der Waals surface area contributed by atoms with Crippen LogP contribution in [-0.2, 0) is 9.47 Å². The predicted octanol–water partition coefficient (Wildman–Crippen LogP) is 2.75. The smallest absolute Gasteiger partial charge is 0.383 e. The van der Waals surface area contributed by atoms with Gasteiger partial charge >= 0.3 is 6.08 Å². The van der Waals surface area contributed by atoms with E-state index in [1.54, 1.807) is 0 Å². The molecule has 0 aromatic carbocycles. The van der Waals surface area contributed by atoms with E-state index in [4.69, 9.17) is 9.47 Å². The minimum atomic E-state index is 0.499. The molecule has 0 N–H and O–H groups in total.